The molecule has 1 aromatic carbocycles. The van der Waals surface area contributed by atoms with Crippen LogP contribution in [0.15, 0.2) is 36.7 Å². The van der Waals surface area contributed by atoms with Crippen LogP contribution in [0.4, 0.5) is 4.39 Å². The lowest BCUT2D eigenvalue weighted by Gasteiger charge is -2.26. The van der Waals surface area contributed by atoms with Crippen LogP contribution in [0.25, 0.3) is 0 Å². The van der Waals surface area contributed by atoms with Gasteiger partial charge >= 0.3 is 5.97 Å². The van der Waals surface area contributed by atoms with E-state index in [1.807, 2.05) is 25.1 Å². The highest BCUT2D eigenvalue weighted by molar-refractivity contribution is 5.67. The number of ether oxygens (including phenoxy) is 1. The number of pyridine rings is 1. The molecular weight excluding hydrogens is 437 g/mol. The van der Waals surface area contributed by atoms with Crippen molar-refractivity contribution >= 4 is 5.97 Å². The fraction of sp³-hybridized carbons (Fsp3) is 0.538. The number of aryl methyl sites for hydroxylation is 2. The number of nitrogens with one attached hydrogen (secondary N) is 1. The molecule has 2 heterocycles. The average Bonchev–Trinajstić information content (AvgIpc) is 3.25. The van der Waals surface area contributed by atoms with Gasteiger partial charge in [-0.1, -0.05) is 12.1 Å². The summed E-state index contributed by atoms with van der Waals surface area (Å²) in [4.78, 5) is 17.3. The predicted octanol–water partition coefficient (Wildman–Crippen LogP) is 3.24. The minimum Gasteiger partial charge on any atom is -0.481 e. The Morgan fingerprint density at radius 1 is 1.38 bits per heavy atom. The van der Waals surface area contributed by atoms with E-state index in [4.69, 9.17) is 9.84 Å². The summed E-state index contributed by atoms with van der Waals surface area (Å²) < 4.78 is 19.7. The highest BCUT2D eigenvalue weighted by Crippen LogP contribution is 2.23. The third kappa shape index (κ3) is 7.84. The van der Waals surface area contributed by atoms with E-state index in [0.717, 1.165) is 42.5 Å². The molecule has 2 aromatic rings. The molecule has 3 N–H and O–H groups in total. The number of aromatic nitrogens is 1. The number of hydrogen-bond donors (Lipinski definition) is 3. The van der Waals surface area contributed by atoms with Gasteiger partial charge in [0.15, 0.2) is 0 Å². The summed E-state index contributed by atoms with van der Waals surface area (Å²) in [6.07, 6.45) is 5.83. The van der Waals surface area contributed by atoms with Gasteiger partial charge in [-0.25, -0.2) is 4.39 Å². The predicted molar refractivity (Wildman–Crippen MR) is 128 cm³/mol. The van der Waals surface area contributed by atoms with E-state index in [2.05, 4.69) is 15.2 Å². The molecule has 0 spiro atoms. The monoisotopic (exact) mass is 473 g/mol. The molecule has 0 amide bonds. The van der Waals surface area contributed by atoms with Crippen LogP contribution >= 0.6 is 0 Å². The zero-order chi connectivity index (χ0) is 24.5. The molecule has 0 bridgehead atoms. The fourth-order valence-corrected chi connectivity index (χ4v) is 4.43. The second-order valence-corrected chi connectivity index (χ2v) is 9.11. The van der Waals surface area contributed by atoms with Crippen molar-refractivity contribution in [2.45, 2.75) is 64.2 Å². The van der Waals surface area contributed by atoms with Gasteiger partial charge in [-0.2, -0.15) is 0 Å². The number of aliphatic hydroxyl groups is 1. The molecular formula is C26H36FN3O4. The summed E-state index contributed by atoms with van der Waals surface area (Å²) in [6.45, 7) is 5.88. The van der Waals surface area contributed by atoms with Crippen LogP contribution in [0, 0.1) is 12.7 Å². The number of nitrogens with zero attached hydrogens (tertiary/aromatic N) is 2. The summed E-state index contributed by atoms with van der Waals surface area (Å²) in [5.41, 5.74) is 3.42. The molecule has 1 aliphatic rings. The van der Waals surface area contributed by atoms with E-state index in [1.54, 1.807) is 25.4 Å². The SMILES string of the molecule is Cc1ccc(C[C@@H]2CCCN2CNC[C@@H](O)COC(C)c2ccncc2CCC(=O)O)cc1F. The molecule has 1 fully saturated rings. The second-order valence-electron chi connectivity index (χ2n) is 9.11. The zero-order valence-corrected chi connectivity index (χ0v) is 20.0. The highest BCUT2D eigenvalue weighted by Gasteiger charge is 2.24. The van der Waals surface area contributed by atoms with Gasteiger partial charge < -0.3 is 20.3 Å². The number of hydrogen-bond acceptors (Lipinski definition) is 6. The van der Waals surface area contributed by atoms with E-state index in [0.29, 0.717) is 31.2 Å². The van der Waals surface area contributed by atoms with Gasteiger partial charge in [0.25, 0.3) is 0 Å². The molecule has 7 nitrogen and oxygen atoms in total. The number of rotatable bonds is 13. The number of carbonyl (C=O) groups is 1. The summed E-state index contributed by atoms with van der Waals surface area (Å²) >= 11 is 0. The molecule has 34 heavy (non-hydrogen) atoms. The van der Waals surface area contributed by atoms with Crippen molar-refractivity contribution in [2.24, 2.45) is 0 Å². The first-order chi connectivity index (χ1) is 16.3. The van der Waals surface area contributed by atoms with Crippen LogP contribution in [0.2, 0.25) is 0 Å². The number of aliphatic hydroxyl groups excluding tert-OH is 1. The summed E-state index contributed by atoms with van der Waals surface area (Å²) in [5, 5.41) is 22.6. The van der Waals surface area contributed by atoms with Crippen molar-refractivity contribution in [3.63, 3.8) is 0 Å². The van der Waals surface area contributed by atoms with E-state index in [1.165, 1.54) is 0 Å². The minimum atomic E-state index is -0.851. The van der Waals surface area contributed by atoms with Gasteiger partial charge in [-0.3, -0.25) is 14.7 Å². The molecule has 1 aliphatic heterocycles. The smallest absolute Gasteiger partial charge is 0.303 e. The third-order valence-corrected chi connectivity index (χ3v) is 6.43. The summed E-state index contributed by atoms with van der Waals surface area (Å²) in [5.74, 6) is -1.01. The van der Waals surface area contributed by atoms with E-state index < -0.39 is 12.1 Å². The molecule has 8 heteroatoms. The Morgan fingerprint density at radius 3 is 2.97 bits per heavy atom. The Morgan fingerprint density at radius 2 is 2.21 bits per heavy atom. The molecule has 3 atom stereocenters. The van der Waals surface area contributed by atoms with E-state index in [9.17, 15) is 14.3 Å². The van der Waals surface area contributed by atoms with Gasteiger partial charge in [-0.05, 0) is 80.5 Å². The maximum absolute atomic E-state index is 13.9. The standard InChI is InChI=1S/C26H36FN3O4/c1-18-5-6-20(13-25(18)27)12-22-4-3-11-30(22)17-29-15-23(31)16-34-19(2)24-9-10-28-14-21(24)7-8-26(32)33/h5-6,9-10,13-14,19,22-23,29,31H,3-4,7-8,11-12,15-17H2,1-2H3,(H,32,33)/t19?,22-,23+/m0/s1. The number of likely N-dealkylation sites (tertiary alicyclic amines) is 1. The van der Waals surface area contributed by atoms with Crippen molar-refractivity contribution in [2.75, 3.05) is 26.4 Å². The van der Waals surface area contributed by atoms with Gasteiger partial charge in [0.2, 0.25) is 0 Å². The Balaban J connectivity index is 1.40. The van der Waals surface area contributed by atoms with Crippen LogP contribution in [-0.4, -0.2) is 64.6 Å². The Bertz CT molecular complexity index is 942. The first-order valence-electron chi connectivity index (χ1n) is 12.0. The van der Waals surface area contributed by atoms with Gasteiger partial charge in [0, 0.05) is 38.1 Å². The Kier molecular flexibility index (Phi) is 9.95. The van der Waals surface area contributed by atoms with Gasteiger partial charge in [0.05, 0.1) is 18.8 Å². The zero-order valence-electron chi connectivity index (χ0n) is 20.0. The first-order valence-corrected chi connectivity index (χ1v) is 12.0. The molecule has 0 aliphatic carbocycles. The lowest BCUT2D eigenvalue weighted by molar-refractivity contribution is -0.136. The summed E-state index contributed by atoms with van der Waals surface area (Å²) in [6, 6.07) is 7.66. The number of benzene rings is 1. The molecule has 1 saturated heterocycles. The lowest BCUT2D eigenvalue weighted by atomic mass is 10.0. The van der Waals surface area contributed by atoms with Crippen molar-refractivity contribution in [3.8, 4) is 0 Å². The van der Waals surface area contributed by atoms with Crippen molar-refractivity contribution in [3.05, 3.63) is 64.7 Å². The minimum absolute atomic E-state index is 0.0360. The molecule has 0 radical (unpaired) electrons. The Labute approximate surface area is 201 Å². The summed E-state index contributed by atoms with van der Waals surface area (Å²) in [7, 11) is 0. The van der Waals surface area contributed by atoms with Crippen LogP contribution in [-0.2, 0) is 22.4 Å². The normalized spacial score (nSPS) is 18.2. The lowest BCUT2D eigenvalue weighted by Crippen LogP contribution is -2.42. The Hall–Kier alpha value is -2.39. The quantitative estimate of drug-likeness (QED) is 0.411. The van der Waals surface area contributed by atoms with Crippen LogP contribution in [0.1, 0.15) is 54.5 Å². The molecule has 1 unspecified atom stereocenters. The van der Waals surface area contributed by atoms with E-state index >= 15 is 0 Å². The first kappa shape index (κ1) is 26.2. The second kappa shape index (κ2) is 12.9. The van der Waals surface area contributed by atoms with Crippen LogP contribution in [0.5, 0.6) is 0 Å². The number of halogens is 1. The molecule has 1 aromatic heterocycles. The number of carboxylic acids is 1. The maximum atomic E-state index is 13.9. The number of carboxylic acid groups (broad SMARTS) is 1. The van der Waals surface area contributed by atoms with Gasteiger partial charge in [0.1, 0.15) is 5.82 Å². The van der Waals surface area contributed by atoms with Crippen LogP contribution < -0.4 is 5.32 Å². The molecule has 0 saturated carbocycles. The van der Waals surface area contributed by atoms with Crippen LogP contribution in [0.3, 0.4) is 0 Å². The average molecular weight is 474 g/mol. The van der Waals surface area contributed by atoms with E-state index in [-0.39, 0.29) is 24.9 Å². The van der Waals surface area contributed by atoms with Crippen molar-refractivity contribution in [1.82, 2.24) is 15.2 Å². The van der Waals surface area contributed by atoms with Crippen molar-refractivity contribution < 1.29 is 24.1 Å². The topological polar surface area (TPSA) is 94.9 Å². The number of aliphatic carboxylic acids is 1. The van der Waals surface area contributed by atoms with Gasteiger partial charge in [-0.15, -0.1) is 0 Å². The largest absolute Gasteiger partial charge is 0.481 e. The third-order valence-electron chi connectivity index (χ3n) is 6.43. The highest BCUT2D eigenvalue weighted by atomic mass is 19.1. The van der Waals surface area contributed by atoms with Crippen molar-refractivity contribution in [1.29, 1.82) is 0 Å². The fourth-order valence-electron chi connectivity index (χ4n) is 4.43. The molecule has 186 valence electrons. The molecule has 3 rings (SSSR count). The maximum Gasteiger partial charge on any atom is 0.303 e.